The molecule has 0 saturated heterocycles. The van der Waals surface area contributed by atoms with E-state index in [1.165, 1.54) is 12.1 Å². The summed E-state index contributed by atoms with van der Waals surface area (Å²) >= 11 is 0. The van der Waals surface area contributed by atoms with Gasteiger partial charge in [-0.25, -0.2) is 13.6 Å². The van der Waals surface area contributed by atoms with Crippen LogP contribution in [0.25, 0.3) is 0 Å². The standard InChI is InChI=1S/C17H24F2N2O2/c1-17(2,3)23-16(22)21-12-9-7-11(8-10-12)20-14-6-4-5-13(18)15(14)19/h4-6,11-12,20H,7-10H2,1-3H3,(H,21,22). The molecule has 0 spiro atoms. The molecule has 1 aliphatic rings. The minimum Gasteiger partial charge on any atom is -0.444 e. The number of benzene rings is 1. The number of anilines is 1. The Kier molecular flexibility index (Phi) is 5.44. The molecule has 2 N–H and O–H groups in total. The molecule has 0 radical (unpaired) electrons. The molecule has 0 bridgehead atoms. The number of carbonyl (C=O) groups excluding carboxylic acids is 1. The van der Waals surface area contributed by atoms with Gasteiger partial charge in [-0.2, -0.15) is 0 Å². The third kappa shape index (κ3) is 5.37. The molecule has 0 unspecified atom stereocenters. The normalized spacial score (nSPS) is 21.6. The van der Waals surface area contributed by atoms with Crippen LogP contribution in [-0.2, 0) is 4.74 Å². The molecule has 4 nitrogen and oxygen atoms in total. The van der Waals surface area contributed by atoms with Crippen LogP contribution in [0.1, 0.15) is 46.5 Å². The largest absolute Gasteiger partial charge is 0.444 e. The van der Waals surface area contributed by atoms with Gasteiger partial charge in [-0.05, 0) is 58.6 Å². The highest BCUT2D eigenvalue weighted by molar-refractivity contribution is 5.68. The second kappa shape index (κ2) is 7.15. The molecule has 1 fully saturated rings. The zero-order chi connectivity index (χ0) is 17.0. The molecule has 1 aromatic carbocycles. The molecule has 0 aromatic heterocycles. The molecule has 0 aliphatic heterocycles. The molecule has 23 heavy (non-hydrogen) atoms. The first-order chi connectivity index (χ1) is 10.7. The Labute approximate surface area is 135 Å². The van der Waals surface area contributed by atoms with Gasteiger partial charge in [0, 0.05) is 12.1 Å². The van der Waals surface area contributed by atoms with E-state index >= 15 is 0 Å². The number of nitrogens with one attached hydrogen (secondary N) is 2. The van der Waals surface area contributed by atoms with E-state index < -0.39 is 23.3 Å². The zero-order valence-corrected chi connectivity index (χ0v) is 13.8. The number of amides is 1. The summed E-state index contributed by atoms with van der Waals surface area (Å²) in [5.41, 5.74) is -0.328. The fourth-order valence-corrected chi connectivity index (χ4v) is 2.69. The quantitative estimate of drug-likeness (QED) is 0.875. The number of rotatable bonds is 3. The van der Waals surface area contributed by atoms with Crippen molar-refractivity contribution in [1.29, 1.82) is 0 Å². The van der Waals surface area contributed by atoms with Crippen molar-refractivity contribution in [2.45, 2.75) is 64.1 Å². The van der Waals surface area contributed by atoms with E-state index in [-0.39, 0.29) is 17.8 Å². The van der Waals surface area contributed by atoms with Crippen molar-refractivity contribution in [3.8, 4) is 0 Å². The topological polar surface area (TPSA) is 50.4 Å². The van der Waals surface area contributed by atoms with Crippen LogP contribution < -0.4 is 10.6 Å². The molecule has 2 rings (SSSR count). The molecule has 1 amide bonds. The van der Waals surface area contributed by atoms with E-state index in [0.717, 1.165) is 31.7 Å². The molecular formula is C17H24F2N2O2. The van der Waals surface area contributed by atoms with Gasteiger partial charge in [0.2, 0.25) is 0 Å². The van der Waals surface area contributed by atoms with E-state index in [1.807, 2.05) is 20.8 Å². The predicted molar refractivity (Wildman–Crippen MR) is 85.4 cm³/mol. The Morgan fingerprint density at radius 3 is 2.35 bits per heavy atom. The second-order valence-electron chi connectivity index (χ2n) is 6.94. The van der Waals surface area contributed by atoms with Crippen molar-refractivity contribution in [1.82, 2.24) is 5.32 Å². The van der Waals surface area contributed by atoms with E-state index in [2.05, 4.69) is 10.6 Å². The lowest BCUT2D eigenvalue weighted by atomic mass is 9.91. The zero-order valence-electron chi connectivity index (χ0n) is 13.8. The van der Waals surface area contributed by atoms with Crippen LogP contribution in [0.3, 0.4) is 0 Å². The van der Waals surface area contributed by atoms with Gasteiger partial charge < -0.3 is 15.4 Å². The summed E-state index contributed by atoms with van der Waals surface area (Å²) in [6.07, 6.45) is 2.68. The van der Waals surface area contributed by atoms with Crippen molar-refractivity contribution in [2.24, 2.45) is 0 Å². The third-order valence-corrected chi connectivity index (χ3v) is 3.76. The van der Waals surface area contributed by atoms with Crippen molar-refractivity contribution in [2.75, 3.05) is 5.32 Å². The van der Waals surface area contributed by atoms with Gasteiger partial charge in [-0.1, -0.05) is 6.07 Å². The Hall–Kier alpha value is -1.85. The number of hydrogen-bond donors (Lipinski definition) is 2. The number of halogens is 2. The molecular weight excluding hydrogens is 302 g/mol. The Balaban J connectivity index is 1.80. The molecule has 6 heteroatoms. The van der Waals surface area contributed by atoms with Crippen LogP contribution in [0.4, 0.5) is 19.3 Å². The minimum atomic E-state index is -0.852. The summed E-state index contributed by atoms with van der Waals surface area (Å²) in [7, 11) is 0. The Bertz CT molecular complexity index is 550. The lowest BCUT2D eigenvalue weighted by Gasteiger charge is -2.31. The fourth-order valence-electron chi connectivity index (χ4n) is 2.69. The maximum Gasteiger partial charge on any atom is 0.407 e. The minimum absolute atomic E-state index is 0.0558. The van der Waals surface area contributed by atoms with Gasteiger partial charge in [-0.3, -0.25) is 0 Å². The van der Waals surface area contributed by atoms with Gasteiger partial charge in [0.05, 0.1) is 5.69 Å². The molecule has 1 saturated carbocycles. The number of hydrogen-bond acceptors (Lipinski definition) is 3. The lowest BCUT2D eigenvalue weighted by Crippen LogP contribution is -2.42. The molecule has 1 aromatic rings. The monoisotopic (exact) mass is 326 g/mol. The lowest BCUT2D eigenvalue weighted by molar-refractivity contribution is 0.0492. The summed E-state index contributed by atoms with van der Waals surface area (Å²) in [5, 5.41) is 5.90. The van der Waals surface area contributed by atoms with Crippen molar-refractivity contribution < 1.29 is 18.3 Å². The van der Waals surface area contributed by atoms with Crippen LogP contribution in [-0.4, -0.2) is 23.8 Å². The van der Waals surface area contributed by atoms with Gasteiger partial charge in [0.15, 0.2) is 11.6 Å². The molecule has 1 aliphatic carbocycles. The summed E-state index contributed by atoms with van der Waals surface area (Å²) in [6.45, 7) is 5.46. The maximum absolute atomic E-state index is 13.7. The van der Waals surface area contributed by atoms with Crippen LogP contribution in [0.2, 0.25) is 0 Å². The van der Waals surface area contributed by atoms with E-state index in [0.29, 0.717) is 0 Å². The maximum atomic E-state index is 13.7. The Morgan fingerprint density at radius 2 is 1.74 bits per heavy atom. The van der Waals surface area contributed by atoms with E-state index in [9.17, 15) is 13.6 Å². The van der Waals surface area contributed by atoms with Crippen LogP contribution in [0, 0.1) is 11.6 Å². The van der Waals surface area contributed by atoms with E-state index in [1.54, 1.807) is 0 Å². The highest BCUT2D eigenvalue weighted by atomic mass is 19.2. The van der Waals surface area contributed by atoms with Gasteiger partial charge >= 0.3 is 6.09 Å². The fraction of sp³-hybridized carbons (Fsp3) is 0.588. The SMILES string of the molecule is CC(C)(C)OC(=O)NC1CCC(Nc2cccc(F)c2F)CC1. The van der Waals surface area contributed by atoms with Gasteiger partial charge in [-0.15, -0.1) is 0 Å². The Morgan fingerprint density at radius 1 is 1.13 bits per heavy atom. The van der Waals surface area contributed by atoms with E-state index in [4.69, 9.17) is 4.74 Å². The average molecular weight is 326 g/mol. The van der Waals surface area contributed by atoms with Crippen LogP contribution in [0.15, 0.2) is 18.2 Å². The first kappa shape index (κ1) is 17.5. The highest BCUT2D eigenvalue weighted by Gasteiger charge is 2.25. The van der Waals surface area contributed by atoms with Gasteiger partial charge in [0.25, 0.3) is 0 Å². The van der Waals surface area contributed by atoms with Crippen LogP contribution in [0.5, 0.6) is 0 Å². The molecule has 128 valence electrons. The van der Waals surface area contributed by atoms with Crippen molar-refractivity contribution in [3.05, 3.63) is 29.8 Å². The first-order valence-corrected chi connectivity index (χ1v) is 7.94. The van der Waals surface area contributed by atoms with Gasteiger partial charge in [0.1, 0.15) is 5.60 Å². The first-order valence-electron chi connectivity index (χ1n) is 7.94. The summed E-state index contributed by atoms with van der Waals surface area (Å²) in [4.78, 5) is 11.7. The summed E-state index contributed by atoms with van der Waals surface area (Å²) in [5.74, 6) is -1.70. The number of carbonyl (C=O) groups is 1. The van der Waals surface area contributed by atoms with Crippen molar-refractivity contribution in [3.63, 3.8) is 0 Å². The van der Waals surface area contributed by atoms with Crippen molar-refractivity contribution >= 4 is 11.8 Å². The van der Waals surface area contributed by atoms with Crippen LogP contribution >= 0.6 is 0 Å². The smallest absolute Gasteiger partial charge is 0.407 e. The number of ether oxygens (including phenoxy) is 1. The third-order valence-electron chi connectivity index (χ3n) is 3.76. The second-order valence-corrected chi connectivity index (χ2v) is 6.94. The molecule has 0 heterocycles. The average Bonchev–Trinajstić information content (AvgIpc) is 2.44. The predicted octanol–water partition coefficient (Wildman–Crippen LogP) is 4.21. The summed E-state index contributed by atoms with van der Waals surface area (Å²) < 4.78 is 32.1. The highest BCUT2D eigenvalue weighted by Crippen LogP contribution is 2.25. The molecule has 0 atom stereocenters. The summed E-state index contributed by atoms with van der Waals surface area (Å²) in [6, 6.07) is 4.24. The number of alkyl carbamates (subject to hydrolysis) is 1.